The van der Waals surface area contributed by atoms with Crippen molar-refractivity contribution >= 4 is 52.5 Å². The molecule has 1 N–H and O–H groups in total. The highest BCUT2D eigenvalue weighted by atomic mass is 32.2. The van der Waals surface area contributed by atoms with Crippen LogP contribution in [0.4, 0.5) is 5.13 Å². The molecule has 2 aromatic carbocycles. The lowest BCUT2D eigenvalue weighted by Gasteiger charge is -2.22. The molecule has 0 aliphatic rings. The second-order valence-corrected chi connectivity index (χ2v) is 13.0. The lowest BCUT2D eigenvalue weighted by atomic mass is 10.2. The van der Waals surface area contributed by atoms with Crippen molar-refractivity contribution in [2.75, 3.05) is 24.7 Å². The first-order valence-corrected chi connectivity index (χ1v) is 15.2. The molecular formula is C23H29N3O5S3. The molecule has 0 bridgehead atoms. The van der Waals surface area contributed by atoms with Gasteiger partial charge in [0.15, 0.2) is 15.0 Å². The van der Waals surface area contributed by atoms with Gasteiger partial charge in [-0.05, 0) is 55.3 Å². The van der Waals surface area contributed by atoms with E-state index in [2.05, 4.69) is 10.3 Å². The summed E-state index contributed by atoms with van der Waals surface area (Å²) in [5.74, 6) is -0.430. The van der Waals surface area contributed by atoms with Crippen molar-refractivity contribution in [1.82, 2.24) is 9.29 Å². The number of nitrogens with zero attached hydrogens (tertiary/aromatic N) is 2. The number of thiazole rings is 1. The predicted molar refractivity (Wildman–Crippen MR) is 136 cm³/mol. The molecular weight excluding hydrogens is 494 g/mol. The molecule has 0 aliphatic carbocycles. The average Bonchev–Trinajstić information content (AvgIpc) is 3.20. The number of anilines is 1. The van der Waals surface area contributed by atoms with E-state index in [0.29, 0.717) is 34.0 Å². The molecule has 1 aromatic heterocycles. The van der Waals surface area contributed by atoms with E-state index in [9.17, 15) is 21.6 Å². The standard InChI is InChI=1S/C23H29N3O5S3/c1-4-6-14-26(15-7-5-2)34(30,31)18-10-8-17(9-11-18)22(27)25-23-24-20-13-12-19(33(3,28)29)16-21(20)32-23/h8-13,16H,4-7,14-15H2,1-3H3,(H,24,25,27). The van der Waals surface area contributed by atoms with Gasteiger partial charge in [0.1, 0.15) is 0 Å². The van der Waals surface area contributed by atoms with Crippen LogP contribution < -0.4 is 5.32 Å². The lowest BCUT2D eigenvalue weighted by molar-refractivity contribution is 0.102. The van der Waals surface area contributed by atoms with Gasteiger partial charge in [-0.2, -0.15) is 4.31 Å². The summed E-state index contributed by atoms with van der Waals surface area (Å²) in [6.07, 6.45) is 4.51. The molecule has 0 unspecified atom stereocenters. The van der Waals surface area contributed by atoms with E-state index in [1.165, 1.54) is 52.0 Å². The molecule has 0 saturated carbocycles. The first kappa shape index (κ1) is 26.3. The van der Waals surface area contributed by atoms with Crippen molar-refractivity contribution in [3.63, 3.8) is 0 Å². The van der Waals surface area contributed by atoms with Gasteiger partial charge >= 0.3 is 0 Å². The van der Waals surface area contributed by atoms with Crippen LogP contribution in [-0.4, -0.2) is 51.4 Å². The van der Waals surface area contributed by atoms with Crippen LogP contribution >= 0.6 is 11.3 Å². The summed E-state index contributed by atoms with van der Waals surface area (Å²) in [6.45, 7) is 4.99. The van der Waals surface area contributed by atoms with Crippen LogP contribution in [0.2, 0.25) is 0 Å². The summed E-state index contributed by atoms with van der Waals surface area (Å²) in [5, 5.41) is 3.03. The summed E-state index contributed by atoms with van der Waals surface area (Å²) in [6, 6.07) is 10.5. The van der Waals surface area contributed by atoms with Crippen molar-refractivity contribution in [3.8, 4) is 0 Å². The number of amides is 1. The smallest absolute Gasteiger partial charge is 0.257 e. The number of carbonyl (C=O) groups is 1. The third kappa shape index (κ3) is 6.21. The average molecular weight is 524 g/mol. The summed E-state index contributed by atoms with van der Waals surface area (Å²) >= 11 is 1.17. The summed E-state index contributed by atoms with van der Waals surface area (Å²) in [7, 11) is -6.98. The van der Waals surface area contributed by atoms with Gasteiger partial charge in [-0.3, -0.25) is 10.1 Å². The van der Waals surface area contributed by atoms with Crippen LogP contribution in [0.3, 0.4) is 0 Å². The third-order valence-corrected chi connectivity index (χ3v) is 9.24. The highest BCUT2D eigenvalue weighted by Gasteiger charge is 2.24. The Morgan fingerprint density at radius 1 is 0.941 bits per heavy atom. The minimum Gasteiger partial charge on any atom is -0.298 e. The second-order valence-electron chi connectivity index (χ2n) is 8.01. The van der Waals surface area contributed by atoms with E-state index >= 15 is 0 Å². The number of fused-ring (bicyclic) bond motifs is 1. The number of unbranched alkanes of at least 4 members (excludes halogenated alkanes) is 2. The highest BCUT2D eigenvalue weighted by Crippen LogP contribution is 2.28. The van der Waals surface area contributed by atoms with Crippen LogP contribution in [-0.2, 0) is 19.9 Å². The van der Waals surface area contributed by atoms with Gasteiger partial charge in [-0.15, -0.1) is 0 Å². The molecule has 0 aliphatic heterocycles. The number of sulfonamides is 1. The third-order valence-electron chi connectivity index (χ3n) is 5.28. The Morgan fingerprint density at radius 3 is 2.09 bits per heavy atom. The van der Waals surface area contributed by atoms with Crippen LogP contribution in [0.15, 0.2) is 52.3 Å². The zero-order chi connectivity index (χ0) is 24.9. The van der Waals surface area contributed by atoms with Crippen LogP contribution in [0.5, 0.6) is 0 Å². The van der Waals surface area contributed by atoms with Crippen LogP contribution in [0, 0.1) is 0 Å². The minimum atomic E-state index is -3.64. The number of aromatic nitrogens is 1. The molecule has 34 heavy (non-hydrogen) atoms. The van der Waals surface area contributed by atoms with Crippen LogP contribution in [0.1, 0.15) is 49.9 Å². The number of rotatable bonds is 11. The van der Waals surface area contributed by atoms with Crippen molar-refractivity contribution in [2.45, 2.75) is 49.3 Å². The van der Waals surface area contributed by atoms with Gasteiger partial charge in [0.05, 0.1) is 20.0 Å². The van der Waals surface area contributed by atoms with E-state index < -0.39 is 25.8 Å². The number of hydrogen-bond acceptors (Lipinski definition) is 7. The molecule has 0 fully saturated rings. The minimum absolute atomic E-state index is 0.157. The van der Waals surface area contributed by atoms with Gasteiger partial charge < -0.3 is 0 Å². The number of sulfone groups is 1. The van der Waals surface area contributed by atoms with Gasteiger partial charge in [-0.25, -0.2) is 21.8 Å². The topological polar surface area (TPSA) is 114 Å². The Balaban J connectivity index is 1.76. The van der Waals surface area contributed by atoms with Crippen molar-refractivity contribution < 1.29 is 21.6 Å². The number of hydrogen-bond donors (Lipinski definition) is 1. The van der Waals surface area contributed by atoms with Gasteiger partial charge in [0, 0.05) is 24.9 Å². The largest absolute Gasteiger partial charge is 0.298 e. The number of carbonyl (C=O) groups excluding carboxylic acids is 1. The Kier molecular flexibility index (Phi) is 8.45. The van der Waals surface area contributed by atoms with Crippen molar-refractivity contribution in [3.05, 3.63) is 48.0 Å². The van der Waals surface area contributed by atoms with E-state index in [1.54, 1.807) is 6.07 Å². The van der Waals surface area contributed by atoms with E-state index in [0.717, 1.165) is 31.9 Å². The molecule has 1 amide bonds. The van der Waals surface area contributed by atoms with Crippen molar-refractivity contribution in [2.24, 2.45) is 0 Å². The first-order valence-electron chi connectivity index (χ1n) is 11.1. The predicted octanol–water partition coefficient (Wildman–Crippen LogP) is 4.54. The fraction of sp³-hybridized carbons (Fsp3) is 0.391. The summed E-state index contributed by atoms with van der Waals surface area (Å²) in [4.78, 5) is 17.4. The van der Waals surface area contributed by atoms with Gasteiger partial charge in [0.25, 0.3) is 5.91 Å². The van der Waals surface area contributed by atoms with Gasteiger partial charge in [-0.1, -0.05) is 38.0 Å². The fourth-order valence-corrected chi connectivity index (χ4v) is 6.45. The molecule has 0 atom stereocenters. The van der Waals surface area contributed by atoms with Crippen molar-refractivity contribution in [1.29, 1.82) is 0 Å². The normalized spacial score (nSPS) is 12.4. The summed E-state index contributed by atoms with van der Waals surface area (Å²) in [5.41, 5.74) is 0.872. The molecule has 0 spiro atoms. The number of nitrogens with one attached hydrogen (secondary N) is 1. The van der Waals surface area contributed by atoms with E-state index in [4.69, 9.17) is 0 Å². The van der Waals surface area contributed by atoms with Crippen LogP contribution in [0.25, 0.3) is 10.2 Å². The Morgan fingerprint density at radius 2 is 1.53 bits per heavy atom. The monoisotopic (exact) mass is 523 g/mol. The molecule has 184 valence electrons. The van der Waals surface area contributed by atoms with Gasteiger partial charge in [0.2, 0.25) is 10.0 Å². The molecule has 1 heterocycles. The maximum absolute atomic E-state index is 13.1. The first-order chi connectivity index (χ1) is 16.1. The molecule has 3 aromatic rings. The number of benzene rings is 2. The SMILES string of the molecule is CCCCN(CCCC)S(=O)(=O)c1ccc(C(=O)Nc2nc3ccc(S(C)(=O)=O)cc3s2)cc1. The van der Waals surface area contributed by atoms with E-state index in [1.807, 2.05) is 13.8 Å². The molecule has 0 saturated heterocycles. The lowest BCUT2D eigenvalue weighted by Crippen LogP contribution is -2.33. The molecule has 11 heteroatoms. The Hall–Kier alpha value is -2.34. The van der Waals surface area contributed by atoms with E-state index in [-0.39, 0.29) is 9.79 Å². The highest BCUT2D eigenvalue weighted by molar-refractivity contribution is 7.90. The molecule has 3 rings (SSSR count). The maximum Gasteiger partial charge on any atom is 0.257 e. The maximum atomic E-state index is 13.1. The fourth-order valence-electron chi connectivity index (χ4n) is 3.31. The Labute approximate surface area is 205 Å². The quantitative estimate of drug-likeness (QED) is 0.395. The zero-order valence-electron chi connectivity index (χ0n) is 19.4. The molecule has 8 nitrogen and oxygen atoms in total. The molecule has 0 radical (unpaired) electrons. The second kappa shape index (κ2) is 10.9. The zero-order valence-corrected chi connectivity index (χ0v) is 21.9. The Bertz CT molecular complexity index is 1360. The summed E-state index contributed by atoms with van der Waals surface area (Å²) < 4.78 is 51.8.